The van der Waals surface area contributed by atoms with Crippen molar-refractivity contribution >= 4 is 21.5 Å². The average Bonchev–Trinajstić information content (AvgIpc) is 2.80. The van der Waals surface area contributed by atoms with Gasteiger partial charge >= 0.3 is 0 Å². The Hall–Kier alpha value is -2.52. The molecule has 0 unspecified atom stereocenters. The van der Waals surface area contributed by atoms with E-state index in [9.17, 15) is 12.8 Å². The monoisotopic (exact) mass is 474 g/mol. The Morgan fingerprint density at radius 3 is 2.55 bits per heavy atom. The van der Waals surface area contributed by atoms with E-state index in [0.717, 1.165) is 48.6 Å². The van der Waals surface area contributed by atoms with Crippen LogP contribution >= 0.6 is 0 Å². The van der Waals surface area contributed by atoms with Gasteiger partial charge in [-0.1, -0.05) is 25.5 Å². The number of hydrogen-bond acceptors (Lipinski definition) is 6. The van der Waals surface area contributed by atoms with Gasteiger partial charge in [0.15, 0.2) is 11.6 Å². The van der Waals surface area contributed by atoms with Gasteiger partial charge in [0.25, 0.3) is 0 Å². The van der Waals surface area contributed by atoms with Crippen molar-refractivity contribution in [3.8, 4) is 5.75 Å². The highest BCUT2D eigenvalue weighted by Gasteiger charge is 2.29. The molecule has 2 aliphatic rings. The number of hydrogen-bond donors (Lipinski definition) is 0. The van der Waals surface area contributed by atoms with Crippen molar-refractivity contribution in [2.24, 2.45) is 5.92 Å². The molecule has 0 N–H and O–H groups in total. The molecule has 4 rings (SSSR count). The lowest BCUT2D eigenvalue weighted by Crippen LogP contribution is -2.50. The fourth-order valence-electron chi connectivity index (χ4n) is 4.14. The van der Waals surface area contributed by atoms with Crippen molar-refractivity contribution in [1.82, 2.24) is 14.3 Å². The largest absolute Gasteiger partial charge is 0.490 e. The number of rotatable bonds is 9. The van der Waals surface area contributed by atoms with Crippen LogP contribution in [0.3, 0.4) is 0 Å². The van der Waals surface area contributed by atoms with E-state index in [0.29, 0.717) is 32.0 Å². The normalized spacial score (nSPS) is 17.5. The quantitative estimate of drug-likeness (QED) is 0.554. The smallest absolute Gasteiger partial charge is 0.225 e. The van der Waals surface area contributed by atoms with Crippen LogP contribution in [0.2, 0.25) is 0 Å². The van der Waals surface area contributed by atoms with E-state index in [1.165, 1.54) is 10.4 Å². The molecule has 1 aromatic carbocycles. The van der Waals surface area contributed by atoms with Crippen molar-refractivity contribution in [3.05, 3.63) is 53.6 Å². The number of benzene rings is 1. The van der Waals surface area contributed by atoms with Crippen molar-refractivity contribution in [1.29, 1.82) is 0 Å². The van der Waals surface area contributed by atoms with E-state index in [2.05, 4.69) is 21.8 Å². The van der Waals surface area contributed by atoms with Crippen molar-refractivity contribution < 1.29 is 17.5 Å². The highest BCUT2D eigenvalue weighted by Crippen LogP contribution is 2.29. The molecular formula is C24H31FN4O3S. The highest BCUT2D eigenvalue weighted by molar-refractivity contribution is 7.89. The molecule has 7 nitrogen and oxygen atoms in total. The molecule has 2 aliphatic heterocycles. The molecule has 0 bridgehead atoms. The third kappa shape index (κ3) is 5.52. The summed E-state index contributed by atoms with van der Waals surface area (Å²) in [4.78, 5) is 11.0. The van der Waals surface area contributed by atoms with Gasteiger partial charge in [-0.25, -0.2) is 22.8 Å². The SMILES string of the molecule is CCCc1cnc(N2CC(COc3ccc(C4=CCN(S(=O)(=O)CC)CC4)cc3F)C2)nc1. The first-order valence-electron chi connectivity index (χ1n) is 11.5. The first-order chi connectivity index (χ1) is 15.9. The summed E-state index contributed by atoms with van der Waals surface area (Å²) in [7, 11) is -3.20. The molecule has 178 valence electrons. The minimum absolute atomic E-state index is 0.0911. The van der Waals surface area contributed by atoms with Gasteiger partial charge in [0.1, 0.15) is 0 Å². The van der Waals surface area contributed by atoms with Crippen LogP contribution < -0.4 is 9.64 Å². The average molecular weight is 475 g/mol. The Bertz CT molecular complexity index is 1100. The number of aryl methyl sites for hydroxylation is 1. The van der Waals surface area contributed by atoms with Crippen LogP contribution in [-0.4, -0.2) is 61.2 Å². The molecule has 0 radical (unpaired) electrons. The van der Waals surface area contributed by atoms with Crippen LogP contribution in [0.5, 0.6) is 5.75 Å². The van der Waals surface area contributed by atoms with Crippen molar-refractivity contribution in [2.45, 2.75) is 33.1 Å². The van der Waals surface area contributed by atoms with E-state index in [1.807, 2.05) is 24.5 Å². The summed E-state index contributed by atoms with van der Waals surface area (Å²) < 4.78 is 45.9. The molecule has 0 atom stereocenters. The predicted molar refractivity (Wildman–Crippen MR) is 127 cm³/mol. The zero-order valence-corrected chi connectivity index (χ0v) is 20.0. The standard InChI is InChI=1S/C24H31FN4O3S/c1-3-5-18-13-26-24(27-14-18)28-15-19(16-28)17-32-23-7-6-21(12-22(23)25)20-8-10-29(11-9-20)33(30,31)4-2/h6-8,12-14,19H,3-5,9-11,15-17H2,1-2H3. The van der Waals surface area contributed by atoms with Crippen LogP contribution in [0.15, 0.2) is 36.7 Å². The number of ether oxygens (including phenoxy) is 1. The summed E-state index contributed by atoms with van der Waals surface area (Å²) in [6.07, 6.45) is 8.26. The number of aromatic nitrogens is 2. The number of anilines is 1. The van der Waals surface area contributed by atoms with Crippen LogP contribution in [0.1, 0.15) is 37.8 Å². The Morgan fingerprint density at radius 1 is 1.18 bits per heavy atom. The molecule has 0 aliphatic carbocycles. The van der Waals surface area contributed by atoms with Crippen LogP contribution in [-0.2, 0) is 16.4 Å². The van der Waals surface area contributed by atoms with Gasteiger partial charge in [-0.3, -0.25) is 0 Å². The van der Waals surface area contributed by atoms with E-state index in [1.54, 1.807) is 13.0 Å². The summed E-state index contributed by atoms with van der Waals surface area (Å²) in [6.45, 7) is 6.54. The Labute approximate surface area is 195 Å². The zero-order valence-electron chi connectivity index (χ0n) is 19.2. The lowest BCUT2D eigenvalue weighted by molar-refractivity contribution is 0.212. The lowest BCUT2D eigenvalue weighted by Gasteiger charge is -2.38. The van der Waals surface area contributed by atoms with E-state index in [-0.39, 0.29) is 11.5 Å². The molecule has 9 heteroatoms. The maximum Gasteiger partial charge on any atom is 0.225 e. The summed E-state index contributed by atoms with van der Waals surface area (Å²) in [5.74, 6) is 0.962. The molecule has 0 saturated carbocycles. The molecule has 0 spiro atoms. The van der Waals surface area contributed by atoms with Gasteiger partial charge in [-0.2, -0.15) is 4.31 Å². The third-order valence-corrected chi connectivity index (χ3v) is 8.03. The van der Waals surface area contributed by atoms with Crippen LogP contribution in [0.25, 0.3) is 5.57 Å². The second-order valence-electron chi connectivity index (χ2n) is 8.61. The fraction of sp³-hybridized carbons (Fsp3) is 0.500. The van der Waals surface area contributed by atoms with Crippen molar-refractivity contribution in [2.75, 3.05) is 43.4 Å². The van der Waals surface area contributed by atoms with E-state index < -0.39 is 15.8 Å². The zero-order chi connectivity index (χ0) is 23.4. The maximum absolute atomic E-state index is 14.7. The Morgan fingerprint density at radius 2 is 1.94 bits per heavy atom. The predicted octanol–water partition coefficient (Wildman–Crippen LogP) is 3.52. The summed E-state index contributed by atoms with van der Waals surface area (Å²) in [5.41, 5.74) is 2.88. The summed E-state index contributed by atoms with van der Waals surface area (Å²) >= 11 is 0. The first-order valence-corrected chi connectivity index (χ1v) is 13.2. The van der Waals surface area contributed by atoms with Crippen LogP contribution in [0, 0.1) is 11.7 Å². The van der Waals surface area contributed by atoms with E-state index in [4.69, 9.17) is 4.74 Å². The molecular weight excluding hydrogens is 443 g/mol. The number of nitrogens with zero attached hydrogens (tertiary/aromatic N) is 4. The number of halogens is 1. The topological polar surface area (TPSA) is 75.6 Å². The Balaban J connectivity index is 1.28. The lowest BCUT2D eigenvalue weighted by atomic mass is 10.00. The molecule has 2 aromatic rings. The van der Waals surface area contributed by atoms with Gasteiger partial charge in [0.2, 0.25) is 16.0 Å². The summed E-state index contributed by atoms with van der Waals surface area (Å²) in [6, 6.07) is 4.98. The van der Waals surface area contributed by atoms with E-state index >= 15 is 0 Å². The second kappa shape index (κ2) is 10.2. The molecule has 1 aromatic heterocycles. The molecule has 33 heavy (non-hydrogen) atoms. The number of sulfonamides is 1. The fourth-order valence-corrected chi connectivity index (χ4v) is 5.18. The first kappa shape index (κ1) is 23.6. The minimum atomic E-state index is -3.20. The molecule has 3 heterocycles. The van der Waals surface area contributed by atoms with Gasteiger partial charge in [-0.15, -0.1) is 0 Å². The Kier molecular flexibility index (Phi) is 7.29. The second-order valence-corrected chi connectivity index (χ2v) is 10.9. The van der Waals surface area contributed by atoms with Crippen LogP contribution in [0.4, 0.5) is 10.3 Å². The minimum Gasteiger partial charge on any atom is -0.490 e. The third-order valence-electron chi connectivity index (χ3n) is 6.18. The van der Waals surface area contributed by atoms with Gasteiger partial charge in [-0.05, 0) is 48.6 Å². The van der Waals surface area contributed by atoms with Crippen molar-refractivity contribution in [3.63, 3.8) is 0 Å². The maximum atomic E-state index is 14.7. The van der Waals surface area contributed by atoms with Gasteiger partial charge in [0, 0.05) is 44.5 Å². The van der Waals surface area contributed by atoms with Gasteiger partial charge in [0.05, 0.1) is 12.4 Å². The van der Waals surface area contributed by atoms with Gasteiger partial charge < -0.3 is 9.64 Å². The molecule has 1 saturated heterocycles. The molecule has 1 fully saturated rings. The molecule has 0 amide bonds. The highest BCUT2D eigenvalue weighted by atomic mass is 32.2. The summed E-state index contributed by atoms with van der Waals surface area (Å²) in [5, 5.41) is 0.